The molecular weight excluding hydrogens is 223 g/mol. The fourth-order valence-corrected chi connectivity index (χ4v) is 1.35. The second kappa shape index (κ2) is 3.47. The molecule has 1 heterocycles. The van der Waals surface area contributed by atoms with Crippen LogP contribution in [0.1, 0.15) is 0 Å². The monoisotopic (exact) mass is 226 g/mol. The SMILES string of the molecule is O=S(=O)(Cl)Nc1cccc(Cl)n1. The summed E-state index contributed by atoms with van der Waals surface area (Å²) < 4.78 is 22.9. The molecule has 7 heteroatoms. The first-order chi connectivity index (χ1) is 5.47. The highest BCUT2D eigenvalue weighted by molar-refractivity contribution is 8.14. The molecule has 0 bridgehead atoms. The molecule has 0 aliphatic heterocycles. The van der Waals surface area contributed by atoms with Crippen molar-refractivity contribution in [3.05, 3.63) is 23.4 Å². The van der Waals surface area contributed by atoms with E-state index in [0.29, 0.717) is 0 Å². The average molecular weight is 227 g/mol. The average Bonchev–Trinajstić information content (AvgIpc) is 1.82. The van der Waals surface area contributed by atoms with Gasteiger partial charge in [0.15, 0.2) is 0 Å². The first-order valence-corrected chi connectivity index (χ1v) is 5.51. The van der Waals surface area contributed by atoms with E-state index in [1.807, 2.05) is 4.72 Å². The van der Waals surface area contributed by atoms with Crippen LogP contribution in [0, 0.1) is 0 Å². The number of aromatic nitrogens is 1. The minimum absolute atomic E-state index is 0.0949. The Morgan fingerprint density at radius 2 is 2.08 bits per heavy atom. The van der Waals surface area contributed by atoms with Gasteiger partial charge in [0.1, 0.15) is 11.0 Å². The summed E-state index contributed by atoms with van der Waals surface area (Å²) >= 11 is 5.48. The Hall–Kier alpha value is -0.520. The number of hydrogen-bond donors (Lipinski definition) is 1. The molecular formula is C5H4Cl2N2O2S. The molecule has 0 fully saturated rings. The van der Waals surface area contributed by atoms with Crippen molar-refractivity contribution in [1.82, 2.24) is 4.98 Å². The standard InChI is InChI=1S/C5H4Cl2N2O2S/c6-4-2-1-3-5(8-4)9-12(7,10)11/h1-3H,(H,8,9). The summed E-state index contributed by atoms with van der Waals surface area (Å²) in [5.41, 5.74) is 0. The van der Waals surface area contributed by atoms with Crippen LogP contribution < -0.4 is 4.72 Å². The van der Waals surface area contributed by atoms with E-state index in [4.69, 9.17) is 22.3 Å². The van der Waals surface area contributed by atoms with Crippen LogP contribution in [-0.2, 0) is 9.24 Å². The topological polar surface area (TPSA) is 59.1 Å². The van der Waals surface area contributed by atoms with Crippen LogP contribution in [0.15, 0.2) is 18.2 Å². The van der Waals surface area contributed by atoms with Crippen LogP contribution in [-0.4, -0.2) is 13.4 Å². The molecule has 1 rings (SSSR count). The maximum absolute atomic E-state index is 10.5. The Labute approximate surface area is 79.1 Å². The second-order valence-electron chi connectivity index (χ2n) is 1.89. The number of halogens is 2. The summed E-state index contributed by atoms with van der Waals surface area (Å²) in [7, 11) is 1.11. The highest BCUT2D eigenvalue weighted by Crippen LogP contribution is 2.11. The third-order valence-corrected chi connectivity index (χ3v) is 1.84. The van der Waals surface area contributed by atoms with Crippen LogP contribution in [0.4, 0.5) is 5.82 Å². The number of anilines is 1. The zero-order valence-electron chi connectivity index (χ0n) is 5.66. The van der Waals surface area contributed by atoms with Crippen LogP contribution in [0.5, 0.6) is 0 Å². The van der Waals surface area contributed by atoms with Crippen LogP contribution in [0.2, 0.25) is 5.15 Å². The van der Waals surface area contributed by atoms with Crippen LogP contribution >= 0.6 is 22.3 Å². The zero-order valence-corrected chi connectivity index (χ0v) is 7.99. The molecule has 0 aliphatic rings. The summed E-state index contributed by atoms with van der Waals surface area (Å²) in [6.07, 6.45) is 0. The summed E-state index contributed by atoms with van der Waals surface area (Å²) in [5.74, 6) is 0.0949. The van der Waals surface area contributed by atoms with Crippen LogP contribution in [0.3, 0.4) is 0 Å². The van der Waals surface area contributed by atoms with Crippen LogP contribution in [0.25, 0.3) is 0 Å². The number of nitrogens with zero attached hydrogens (tertiary/aromatic N) is 1. The molecule has 0 unspecified atom stereocenters. The Morgan fingerprint density at radius 1 is 1.42 bits per heavy atom. The minimum atomic E-state index is -3.79. The molecule has 12 heavy (non-hydrogen) atoms. The van der Waals surface area contributed by atoms with Gasteiger partial charge in [-0.2, -0.15) is 8.42 Å². The lowest BCUT2D eigenvalue weighted by atomic mass is 10.5. The van der Waals surface area contributed by atoms with Gasteiger partial charge >= 0.3 is 9.24 Å². The predicted octanol–water partition coefficient (Wildman–Crippen LogP) is 1.63. The first kappa shape index (κ1) is 9.57. The Morgan fingerprint density at radius 3 is 2.58 bits per heavy atom. The van der Waals surface area contributed by atoms with Gasteiger partial charge in [-0.05, 0) is 12.1 Å². The third-order valence-electron chi connectivity index (χ3n) is 0.942. The van der Waals surface area contributed by atoms with Gasteiger partial charge in [-0.1, -0.05) is 17.7 Å². The van der Waals surface area contributed by atoms with Gasteiger partial charge in [-0.3, -0.25) is 4.72 Å². The van der Waals surface area contributed by atoms with Gasteiger partial charge < -0.3 is 0 Å². The quantitative estimate of drug-likeness (QED) is 0.617. The molecule has 0 aromatic carbocycles. The smallest absolute Gasteiger partial charge is 0.254 e. The predicted molar refractivity (Wildman–Crippen MR) is 47.6 cm³/mol. The van der Waals surface area contributed by atoms with Crippen molar-refractivity contribution in [2.24, 2.45) is 0 Å². The van der Waals surface area contributed by atoms with Gasteiger partial charge in [-0.15, -0.1) is 0 Å². The van der Waals surface area contributed by atoms with E-state index in [2.05, 4.69) is 4.98 Å². The summed E-state index contributed by atoms with van der Waals surface area (Å²) in [6, 6.07) is 4.51. The van der Waals surface area contributed by atoms with Crippen molar-refractivity contribution in [2.45, 2.75) is 0 Å². The highest BCUT2D eigenvalue weighted by atomic mass is 35.7. The lowest BCUT2D eigenvalue weighted by Crippen LogP contribution is -2.05. The molecule has 0 saturated carbocycles. The number of nitrogens with one attached hydrogen (secondary N) is 1. The molecule has 0 radical (unpaired) electrons. The molecule has 0 aliphatic carbocycles. The molecule has 0 saturated heterocycles. The van der Waals surface area contributed by atoms with Gasteiger partial charge in [0.05, 0.1) is 0 Å². The maximum Gasteiger partial charge on any atom is 0.320 e. The molecule has 66 valence electrons. The van der Waals surface area contributed by atoms with Crippen molar-refractivity contribution in [2.75, 3.05) is 4.72 Å². The van der Waals surface area contributed by atoms with E-state index in [0.717, 1.165) is 0 Å². The minimum Gasteiger partial charge on any atom is -0.254 e. The van der Waals surface area contributed by atoms with E-state index in [9.17, 15) is 8.42 Å². The van der Waals surface area contributed by atoms with Gasteiger partial charge in [0, 0.05) is 10.7 Å². The van der Waals surface area contributed by atoms with Crippen molar-refractivity contribution in [3.8, 4) is 0 Å². The largest absolute Gasteiger partial charge is 0.320 e. The fourth-order valence-electron chi connectivity index (χ4n) is 0.590. The van der Waals surface area contributed by atoms with Crippen molar-refractivity contribution in [3.63, 3.8) is 0 Å². The zero-order chi connectivity index (χ0) is 9.19. The lowest BCUT2D eigenvalue weighted by molar-refractivity contribution is 0.614. The molecule has 0 atom stereocenters. The highest BCUT2D eigenvalue weighted by Gasteiger charge is 2.04. The van der Waals surface area contributed by atoms with Gasteiger partial charge in [0.25, 0.3) is 0 Å². The van der Waals surface area contributed by atoms with Gasteiger partial charge in [-0.25, -0.2) is 4.98 Å². The maximum atomic E-state index is 10.5. The summed E-state index contributed by atoms with van der Waals surface area (Å²) in [4.78, 5) is 3.65. The fraction of sp³-hybridized carbons (Fsp3) is 0. The van der Waals surface area contributed by atoms with Gasteiger partial charge in [0.2, 0.25) is 0 Å². The van der Waals surface area contributed by atoms with E-state index < -0.39 is 9.24 Å². The van der Waals surface area contributed by atoms with Crippen molar-refractivity contribution in [1.29, 1.82) is 0 Å². The third kappa shape index (κ3) is 3.25. The second-order valence-corrected chi connectivity index (χ2v) is 4.57. The molecule has 0 amide bonds. The molecule has 1 aromatic heterocycles. The van der Waals surface area contributed by atoms with E-state index in [-0.39, 0.29) is 11.0 Å². The van der Waals surface area contributed by atoms with E-state index >= 15 is 0 Å². The number of hydrogen-bond acceptors (Lipinski definition) is 3. The molecule has 1 aromatic rings. The summed E-state index contributed by atoms with van der Waals surface area (Å²) in [5, 5.41) is 0.195. The molecule has 4 nitrogen and oxygen atoms in total. The van der Waals surface area contributed by atoms with E-state index in [1.54, 1.807) is 6.07 Å². The van der Waals surface area contributed by atoms with Crippen molar-refractivity contribution < 1.29 is 8.42 Å². The molecule has 0 spiro atoms. The van der Waals surface area contributed by atoms with E-state index in [1.165, 1.54) is 12.1 Å². The lowest BCUT2D eigenvalue weighted by Gasteiger charge is -1.99. The Balaban J connectivity index is 2.91. The summed E-state index contributed by atoms with van der Waals surface area (Å²) in [6.45, 7) is 0. The Bertz CT molecular complexity index is 379. The normalized spacial score (nSPS) is 11.2. The number of rotatable bonds is 2. The molecule has 1 N–H and O–H groups in total. The van der Waals surface area contributed by atoms with Crippen molar-refractivity contribution >= 4 is 37.3 Å². The number of pyridine rings is 1. The first-order valence-electron chi connectivity index (χ1n) is 2.82. The Kier molecular flexibility index (Phi) is 2.76.